The van der Waals surface area contributed by atoms with Crippen LogP contribution in [0.25, 0.3) is 16.7 Å². The second kappa shape index (κ2) is 8.37. The first kappa shape index (κ1) is 21.1. The van der Waals surface area contributed by atoms with Crippen molar-refractivity contribution in [3.05, 3.63) is 57.9 Å². The minimum atomic E-state index is -0.608. The van der Waals surface area contributed by atoms with Crippen LogP contribution in [0.5, 0.6) is 0 Å². The zero-order valence-electron chi connectivity index (χ0n) is 17.7. The molecule has 0 aliphatic rings. The number of ether oxygens (including phenoxy) is 2. The van der Waals surface area contributed by atoms with E-state index < -0.39 is 11.9 Å². The number of fused-ring (bicyclic) bond motifs is 1. The first-order chi connectivity index (χ1) is 14.4. The fourth-order valence-electron chi connectivity index (χ4n) is 3.72. The quantitative estimate of drug-likeness (QED) is 0.599. The van der Waals surface area contributed by atoms with Gasteiger partial charge in [-0.25, -0.2) is 14.6 Å². The topological polar surface area (TPSA) is 94.2 Å². The Morgan fingerprint density at radius 1 is 1.07 bits per heavy atom. The molecule has 3 aromatic rings. The average Bonchev–Trinajstić information content (AvgIpc) is 3.10. The molecule has 0 spiro atoms. The molecule has 1 aromatic heterocycles. The number of rotatable bonds is 5. The van der Waals surface area contributed by atoms with Crippen LogP contribution < -0.4 is 0 Å². The van der Waals surface area contributed by atoms with Crippen molar-refractivity contribution in [1.29, 1.82) is 5.26 Å². The van der Waals surface area contributed by atoms with E-state index in [4.69, 9.17) is 19.7 Å². The number of carbonyl (C=O) groups excluding carboxylic acids is 2. The molecule has 30 heavy (non-hydrogen) atoms. The van der Waals surface area contributed by atoms with E-state index in [2.05, 4.69) is 6.07 Å². The summed E-state index contributed by atoms with van der Waals surface area (Å²) >= 11 is 0. The molecule has 0 N–H and O–H groups in total. The Morgan fingerprint density at radius 2 is 1.67 bits per heavy atom. The van der Waals surface area contributed by atoms with Gasteiger partial charge in [0.2, 0.25) is 0 Å². The first-order valence-corrected chi connectivity index (χ1v) is 9.55. The molecule has 0 aliphatic heterocycles. The van der Waals surface area contributed by atoms with Crippen LogP contribution >= 0.6 is 0 Å². The number of benzene rings is 2. The Labute approximate surface area is 174 Å². The van der Waals surface area contributed by atoms with Gasteiger partial charge >= 0.3 is 11.9 Å². The molecule has 0 fully saturated rings. The maximum atomic E-state index is 12.7. The normalized spacial score (nSPS) is 10.7. The molecule has 154 valence electrons. The smallest absolute Gasteiger partial charge is 0.340 e. The van der Waals surface area contributed by atoms with E-state index >= 15 is 0 Å². The highest BCUT2D eigenvalue weighted by atomic mass is 16.5. The molecule has 1 heterocycles. The van der Waals surface area contributed by atoms with E-state index in [1.165, 1.54) is 14.2 Å². The SMILES string of the molecule is CCc1nc2c(C)cc(C)cc2n1-c1c(C(=O)OC)cc(CC#N)cc1C(=O)OC. The number of nitrogens with zero attached hydrogens (tertiary/aromatic N) is 3. The van der Waals surface area contributed by atoms with E-state index in [-0.39, 0.29) is 17.5 Å². The maximum absolute atomic E-state index is 12.7. The largest absolute Gasteiger partial charge is 0.465 e. The van der Waals surface area contributed by atoms with Crippen LogP contribution in [0, 0.1) is 25.2 Å². The molecule has 0 aliphatic carbocycles. The van der Waals surface area contributed by atoms with Gasteiger partial charge < -0.3 is 9.47 Å². The zero-order valence-corrected chi connectivity index (χ0v) is 17.7. The fourth-order valence-corrected chi connectivity index (χ4v) is 3.72. The molecular formula is C23H23N3O4. The summed E-state index contributed by atoms with van der Waals surface area (Å²) in [5, 5.41) is 9.13. The van der Waals surface area contributed by atoms with Crippen molar-refractivity contribution < 1.29 is 19.1 Å². The van der Waals surface area contributed by atoms with Gasteiger partial charge in [0, 0.05) is 6.42 Å². The van der Waals surface area contributed by atoms with E-state index in [0.29, 0.717) is 23.5 Å². The Kier molecular flexibility index (Phi) is 5.88. The van der Waals surface area contributed by atoms with Gasteiger partial charge in [0.05, 0.1) is 54.6 Å². The third kappa shape index (κ3) is 3.52. The summed E-state index contributed by atoms with van der Waals surface area (Å²) in [7, 11) is 2.56. The van der Waals surface area contributed by atoms with Gasteiger partial charge in [0.15, 0.2) is 0 Å². The number of methoxy groups -OCH3 is 2. The molecule has 0 amide bonds. The lowest BCUT2D eigenvalue weighted by Gasteiger charge is -2.18. The molecule has 7 nitrogen and oxygen atoms in total. The number of esters is 2. The first-order valence-electron chi connectivity index (χ1n) is 9.55. The number of aromatic nitrogens is 2. The fraction of sp³-hybridized carbons (Fsp3) is 0.304. The maximum Gasteiger partial charge on any atom is 0.340 e. The Balaban J connectivity index is 2.53. The Morgan fingerprint density at radius 3 is 2.17 bits per heavy atom. The number of hydrogen-bond acceptors (Lipinski definition) is 6. The second-order valence-electron chi connectivity index (χ2n) is 7.02. The van der Waals surface area contributed by atoms with Crippen LogP contribution in [0.4, 0.5) is 0 Å². The predicted molar refractivity (Wildman–Crippen MR) is 112 cm³/mol. The van der Waals surface area contributed by atoms with Gasteiger partial charge in [-0.15, -0.1) is 0 Å². The van der Waals surface area contributed by atoms with Crippen LogP contribution in [0.1, 0.15) is 50.2 Å². The summed E-state index contributed by atoms with van der Waals surface area (Å²) < 4.78 is 11.8. The van der Waals surface area contributed by atoms with Crippen LogP contribution in [-0.2, 0) is 22.3 Å². The van der Waals surface area contributed by atoms with E-state index in [9.17, 15) is 9.59 Å². The van der Waals surface area contributed by atoms with Gasteiger partial charge in [-0.1, -0.05) is 13.0 Å². The molecule has 0 saturated heterocycles. The monoisotopic (exact) mass is 405 g/mol. The Hall–Kier alpha value is -3.66. The van der Waals surface area contributed by atoms with Crippen LogP contribution in [0.2, 0.25) is 0 Å². The van der Waals surface area contributed by atoms with Crippen molar-refractivity contribution in [2.45, 2.75) is 33.6 Å². The summed E-state index contributed by atoms with van der Waals surface area (Å²) in [5.74, 6) is -0.520. The molecule has 0 atom stereocenters. The Bertz CT molecular complexity index is 1160. The van der Waals surface area contributed by atoms with Crippen molar-refractivity contribution in [1.82, 2.24) is 9.55 Å². The summed E-state index contributed by atoms with van der Waals surface area (Å²) in [5.41, 5.74) is 4.84. The van der Waals surface area contributed by atoms with E-state index in [1.54, 1.807) is 12.1 Å². The molecule has 0 saturated carbocycles. The third-order valence-corrected chi connectivity index (χ3v) is 4.97. The van der Waals surface area contributed by atoms with Crippen LogP contribution in [-0.4, -0.2) is 35.7 Å². The molecule has 2 aromatic carbocycles. The number of aryl methyl sites for hydroxylation is 3. The van der Waals surface area contributed by atoms with E-state index in [1.807, 2.05) is 37.5 Å². The summed E-state index contributed by atoms with van der Waals surface area (Å²) in [6.07, 6.45) is 0.617. The molecule has 0 bridgehead atoms. The van der Waals surface area contributed by atoms with Crippen molar-refractivity contribution in [3.8, 4) is 11.8 Å². The van der Waals surface area contributed by atoms with Crippen molar-refractivity contribution in [3.63, 3.8) is 0 Å². The average molecular weight is 405 g/mol. The van der Waals surface area contributed by atoms with Gasteiger partial charge in [-0.2, -0.15) is 5.26 Å². The zero-order chi connectivity index (χ0) is 22.0. The number of nitriles is 1. The minimum absolute atomic E-state index is 0.0395. The highest BCUT2D eigenvalue weighted by Gasteiger charge is 2.27. The molecule has 0 unspecified atom stereocenters. The van der Waals surface area contributed by atoms with Gasteiger partial charge in [0.25, 0.3) is 0 Å². The lowest BCUT2D eigenvalue weighted by atomic mass is 9.99. The van der Waals surface area contributed by atoms with Crippen molar-refractivity contribution in [2.75, 3.05) is 14.2 Å². The summed E-state index contributed by atoms with van der Waals surface area (Å²) in [6.45, 7) is 5.91. The van der Waals surface area contributed by atoms with Gasteiger partial charge in [-0.3, -0.25) is 4.57 Å². The molecule has 0 radical (unpaired) electrons. The standard InChI is InChI=1S/C23H23N3O4/c1-6-19-25-20-14(3)9-13(2)10-18(20)26(19)21-16(22(27)29-4)11-15(7-8-24)12-17(21)23(28)30-5/h9-12H,6-7H2,1-5H3. The summed E-state index contributed by atoms with van der Waals surface area (Å²) in [4.78, 5) is 30.2. The number of hydrogen-bond donors (Lipinski definition) is 0. The lowest BCUT2D eigenvalue weighted by molar-refractivity contribution is 0.0599. The molecule has 3 rings (SSSR count). The van der Waals surface area contributed by atoms with Crippen molar-refractivity contribution >= 4 is 23.0 Å². The third-order valence-electron chi connectivity index (χ3n) is 4.97. The molecule has 7 heteroatoms. The van der Waals surface area contributed by atoms with E-state index in [0.717, 1.165) is 22.2 Å². The number of carbonyl (C=O) groups is 2. The number of imidazole rings is 1. The van der Waals surface area contributed by atoms with Crippen LogP contribution in [0.15, 0.2) is 24.3 Å². The molecular weight excluding hydrogens is 382 g/mol. The second-order valence-corrected chi connectivity index (χ2v) is 7.02. The van der Waals surface area contributed by atoms with Crippen LogP contribution in [0.3, 0.4) is 0 Å². The summed E-state index contributed by atoms with van der Waals surface area (Å²) in [6, 6.07) is 9.24. The predicted octanol–water partition coefficient (Wildman–Crippen LogP) is 3.84. The highest BCUT2D eigenvalue weighted by Crippen LogP contribution is 2.31. The lowest BCUT2D eigenvalue weighted by Crippen LogP contribution is -2.17. The van der Waals surface area contributed by atoms with Gasteiger partial charge in [-0.05, 0) is 48.7 Å². The minimum Gasteiger partial charge on any atom is -0.465 e. The van der Waals surface area contributed by atoms with Gasteiger partial charge in [0.1, 0.15) is 5.82 Å². The van der Waals surface area contributed by atoms with Crippen molar-refractivity contribution in [2.24, 2.45) is 0 Å². The highest BCUT2D eigenvalue weighted by molar-refractivity contribution is 6.03.